The molecule has 0 spiro atoms. The zero-order valence-corrected chi connectivity index (χ0v) is 9.90. The standard InChI is InChI=1S/C10H20N2O4/c1-6(2)8(11)9(13)12-7(10(14)15)4-5-16-3/h6-8H,4-5,11H2,1-3H3,(H,12,13)(H,14,15)/t7?,8-/m0/s1. The number of carboxylic acid groups (broad SMARTS) is 1. The summed E-state index contributed by atoms with van der Waals surface area (Å²) in [5, 5.41) is 11.2. The number of amides is 1. The maximum atomic E-state index is 11.5. The molecule has 0 fully saturated rings. The summed E-state index contributed by atoms with van der Waals surface area (Å²) in [6.45, 7) is 3.87. The fraction of sp³-hybridized carbons (Fsp3) is 0.800. The number of nitrogens with one attached hydrogen (secondary N) is 1. The molecule has 94 valence electrons. The minimum atomic E-state index is -1.08. The van der Waals surface area contributed by atoms with Crippen LogP contribution >= 0.6 is 0 Å². The topological polar surface area (TPSA) is 102 Å². The lowest BCUT2D eigenvalue weighted by molar-refractivity contribution is -0.142. The van der Waals surface area contributed by atoms with Gasteiger partial charge in [0.05, 0.1) is 6.04 Å². The van der Waals surface area contributed by atoms with E-state index in [9.17, 15) is 9.59 Å². The third-order valence-corrected chi connectivity index (χ3v) is 2.25. The number of hydrogen-bond acceptors (Lipinski definition) is 4. The quantitative estimate of drug-likeness (QED) is 0.553. The summed E-state index contributed by atoms with van der Waals surface area (Å²) in [5.74, 6) is -1.56. The molecule has 0 aliphatic heterocycles. The van der Waals surface area contributed by atoms with Crippen molar-refractivity contribution in [2.24, 2.45) is 11.7 Å². The van der Waals surface area contributed by atoms with Crippen molar-refractivity contribution >= 4 is 11.9 Å². The molecule has 0 saturated carbocycles. The lowest BCUT2D eigenvalue weighted by Crippen LogP contribution is -2.50. The summed E-state index contributed by atoms with van der Waals surface area (Å²) in [7, 11) is 1.47. The van der Waals surface area contributed by atoms with Gasteiger partial charge in [-0.25, -0.2) is 4.79 Å². The molecule has 2 atom stereocenters. The van der Waals surface area contributed by atoms with Gasteiger partial charge in [-0.1, -0.05) is 13.8 Å². The maximum absolute atomic E-state index is 11.5. The first-order chi connectivity index (χ1) is 7.40. The number of rotatable bonds is 7. The molecule has 1 amide bonds. The predicted octanol–water partition coefficient (Wildman–Crippen LogP) is -0.424. The van der Waals surface area contributed by atoms with Crippen molar-refractivity contribution in [2.75, 3.05) is 13.7 Å². The van der Waals surface area contributed by atoms with Crippen LogP contribution in [0.4, 0.5) is 0 Å². The second kappa shape index (κ2) is 7.19. The Morgan fingerprint density at radius 2 is 2.00 bits per heavy atom. The predicted molar refractivity (Wildman–Crippen MR) is 58.9 cm³/mol. The number of methoxy groups -OCH3 is 1. The maximum Gasteiger partial charge on any atom is 0.326 e. The smallest absolute Gasteiger partial charge is 0.326 e. The lowest BCUT2D eigenvalue weighted by atomic mass is 10.0. The second-order valence-corrected chi connectivity index (χ2v) is 3.95. The Labute approximate surface area is 95.1 Å². The van der Waals surface area contributed by atoms with Crippen molar-refractivity contribution in [3.63, 3.8) is 0 Å². The molecule has 6 nitrogen and oxygen atoms in total. The Bertz CT molecular complexity index is 243. The van der Waals surface area contributed by atoms with Gasteiger partial charge >= 0.3 is 5.97 Å². The average molecular weight is 232 g/mol. The van der Waals surface area contributed by atoms with Crippen LogP contribution in [0, 0.1) is 5.92 Å². The molecule has 16 heavy (non-hydrogen) atoms. The number of ether oxygens (including phenoxy) is 1. The van der Waals surface area contributed by atoms with Crippen molar-refractivity contribution < 1.29 is 19.4 Å². The van der Waals surface area contributed by atoms with Gasteiger partial charge in [-0.2, -0.15) is 0 Å². The van der Waals surface area contributed by atoms with E-state index in [-0.39, 0.29) is 18.9 Å². The van der Waals surface area contributed by atoms with Crippen molar-refractivity contribution in [1.29, 1.82) is 0 Å². The number of carbonyl (C=O) groups excluding carboxylic acids is 1. The van der Waals surface area contributed by atoms with E-state index in [0.29, 0.717) is 0 Å². The summed E-state index contributed by atoms with van der Waals surface area (Å²) >= 11 is 0. The van der Waals surface area contributed by atoms with Gasteiger partial charge in [0.1, 0.15) is 6.04 Å². The van der Waals surface area contributed by atoms with Gasteiger partial charge in [0.2, 0.25) is 5.91 Å². The molecule has 0 bridgehead atoms. The Morgan fingerprint density at radius 1 is 1.44 bits per heavy atom. The van der Waals surface area contributed by atoms with E-state index in [1.54, 1.807) is 13.8 Å². The molecule has 0 aromatic rings. The highest BCUT2D eigenvalue weighted by Crippen LogP contribution is 2.00. The van der Waals surface area contributed by atoms with Gasteiger partial charge in [-0.15, -0.1) is 0 Å². The van der Waals surface area contributed by atoms with Crippen molar-refractivity contribution in [1.82, 2.24) is 5.32 Å². The third kappa shape index (κ3) is 5.09. The fourth-order valence-corrected chi connectivity index (χ4v) is 1.06. The van der Waals surface area contributed by atoms with Gasteiger partial charge in [0.15, 0.2) is 0 Å². The van der Waals surface area contributed by atoms with Crippen LogP contribution in [0.15, 0.2) is 0 Å². The SMILES string of the molecule is COCCC(NC(=O)[C@@H](N)C(C)C)C(=O)O. The first-order valence-corrected chi connectivity index (χ1v) is 5.17. The van der Waals surface area contributed by atoms with Crippen LogP contribution in [0.25, 0.3) is 0 Å². The average Bonchev–Trinajstić information content (AvgIpc) is 2.21. The highest BCUT2D eigenvalue weighted by atomic mass is 16.5. The van der Waals surface area contributed by atoms with Crippen LogP contribution in [-0.2, 0) is 14.3 Å². The molecule has 0 aliphatic rings. The lowest BCUT2D eigenvalue weighted by Gasteiger charge is -2.19. The van der Waals surface area contributed by atoms with Crippen LogP contribution in [0.5, 0.6) is 0 Å². The Balaban J connectivity index is 4.28. The molecule has 1 unspecified atom stereocenters. The van der Waals surface area contributed by atoms with Gasteiger partial charge < -0.3 is 20.9 Å². The number of carbonyl (C=O) groups is 2. The monoisotopic (exact) mass is 232 g/mol. The molecule has 4 N–H and O–H groups in total. The van der Waals surface area contributed by atoms with Crippen LogP contribution in [0.3, 0.4) is 0 Å². The molecule has 6 heteroatoms. The first-order valence-electron chi connectivity index (χ1n) is 5.17. The zero-order valence-electron chi connectivity index (χ0n) is 9.90. The molecule has 0 aromatic heterocycles. The number of hydrogen-bond donors (Lipinski definition) is 3. The largest absolute Gasteiger partial charge is 0.480 e. The summed E-state index contributed by atoms with van der Waals surface area (Å²) < 4.78 is 4.77. The summed E-state index contributed by atoms with van der Waals surface area (Å²) in [4.78, 5) is 22.3. The van der Waals surface area contributed by atoms with Crippen LogP contribution in [-0.4, -0.2) is 42.8 Å². The zero-order chi connectivity index (χ0) is 12.7. The van der Waals surface area contributed by atoms with Crippen LogP contribution in [0.1, 0.15) is 20.3 Å². The molecule has 0 aromatic carbocycles. The molecule has 0 rings (SSSR count). The van der Waals surface area contributed by atoms with E-state index in [4.69, 9.17) is 15.6 Å². The summed E-state index contributed by atoms with van der Waals surface area (Å²) in [5.41, 5.74) is 5.60. The number of aliphatic carboxylic acids is 1. The number of nitrogens with two attached hydrogens (primary N) is 1. The Hall–Kier alpha value is -1.14. The molecule has 0 radical (unpaired) electrons. The van der Waals surface area contributed by atoms with E-state index in [1.807, 2.05) is 0 Å². The molecular weight excluding hydrogens is 212 g/mol. The summed E-state index contributed by atoms with van der Waals surface area (Å²) in [6.07, 6.45) is 0.225. The Morgan fingerprint density at radius 3 is 2.38 bits per heavy atom. The van der Waals surface area contributed by atoms with E-state index in [1.165, 1.54) is 7.11 Å². The minimum Gasteiger partial charge on any atom is -0.480 e. The van der Waals surface area contributed by atoms with Crippen LogP contribution < -0.4 is 11.1 Å². The third-order valence-electron chi connectivity index (χ3n) is 2.25. The second-order valence-electron chi connectivity index (χ2n) is 3.95. The molecule has 0 heterocycles. The normalized spacial score (nSPS) is 14.6. The van der Waals surface area contributed by atoms with E-state index in [2.05, 4.69) is 5.32 Å². The Kier molecular flexibility index (Phi) is 6.67. The fourth-order valence-electron chi connectivity index (χ4n) is 1.06. The number of carboxylic acids is 1. The highest BCUT2D eigenvalue weighted by Gasteiger charge is 2.24. The molecule has 0 saturated heterocycles. The van der Waals surface area contributed by atoms with Gasteiger partial charge in [0.25, 0.3) is 0 Å². The van der Waals surface area contributed by atoms with E-state index < -0.39 is 24.0 Å². The van der Waals surface area contributed by atoms with E-state index >= 15 is 0 Å². The van der Waals surface area contributed by atoms with Crippen molar-refractivity contribution in [3.05, 3.63) is 0 Å². The van der Waals surface area contributed by atoms with Gasteiger partial charge in [-0.3, -0.25) is 4.79 Å². The van der Waals surface area contributed by atoms with Crippen LogP contribution in [0.2, 0.25) is 0 Å². The molecular formula is C10H20N2O4. The van der Waals surface area contributed by atoms with E-state index in [0.717, 1.165) is 0 Å². The van der Waals surface area contributed by atoms with Crippen molar-refractivity contribution in [3.8, 4) is 0 Å². The van der Waals surface area contributed by atoms with Crippen molar-refractivity contribution in [2.45, 2.75) is 32.4 Å². The minimum absolute atomic E-state index is 0.0307. The van der Waals surface area contributed by atoms with Gasteiger partial charge in [0, 0.05) is 20.1 Å². The summed E-state index contributed by atoms with van der Waals surface area (Å²) in [6, 6.07) is -1.64. The first kappa shape index (κ1) is 14.9. The highest BCUT2D eigenvalue weighted by molar-refractivity contribution is 5.86. The van der Waals surface area contributed by atoms with Gasteiger partial charge in [-0.05, 0) is 5.92 Å². The molecule has 0 aliphatic carbocycles.